The molecule has 33 heavy (non-hydrogen) atoms. The lowest BCUT2D eigenvalue weighted by molar-refractivity contribution is -0.130. The fourth-order valence-electron chi connectivity index (χ4n) is 4.04. The molecule has 6 nitrogen and oxygen atoms in total. The molecule has 1 aliphatic heterocycles. The smallest absolute Gasteiger partial charge is 0.335 e. The maximum absolute atomic E-state index is 13.1. The fraction of sp³-hybridized carbons (Fsp3) is 0.370. The summed E-state index contributed by atoms with van der Waals surface area (Å²) < 4.78 is 0. The summed E-state index contributed by atoms with van der Waals surface area (Å²) in [7, 11) is 0. The SMILES string of the molecule is CC(C)CC(=O)C1=C(O)C(=O)N(Cc2ccc(C(=O)O)cc2)C1c1ccc(C(C)(C)C)cc1. The highest BCUT2D eigenvalue weighted by molar-refractivity contribution is 6.09. The van der Waals surface area contributed by atoms with E-state index in [1.807, 2.05) is 38.1 Å². The van der Waals surface area contributed by atoms with Crippen LogP contribution >= 0.6 is 0 Å². The normalized spacial score (nSPS) is 16.6. The molecule has 6 heteroatoms. The second-order valence-corrected chi connectivity index (χ2v) is 9.99. The van der Waals surface area contributed by atoms with Crippen molar-refractivity contribution in [2.45, 2.75) is 59.0 Å². The summed E-state index contributed by atoms with van der Waals surface area (Å²) in [6.07, 6.45) is 0.227. The highest BCUT2D eigenvalue weighted by Gasteiger charge is 2.43. The van der Waals surface area contributed by atoms with Crippen LogP contribution in [0.3, 0.4) is 0 Å². The van der Waals surface area contributed by atoms with Gasteiger partial charge in [-0.3, -0.25) is 9.59 Å². The minimum atomic E-state index is -1.03. The molecule has 174 valence electrons. The number of rotatable bonds is 7. The zero-order valence-corrected chi connectivity index (χ0v) is 19.8. The highest BCUT2D eigenvalue weighted by Crippen LogP contribution is 2.40. The first kappa shape index (κ1) is 24.2. The van der Waals surface area contributed by atoms with E-state index in [1.54, 1.807) is 12.1 Å². The van der Waals surface area contributed by atoms with Crippen LogP contribution in [-0.2, 0) is 21.5 Å². The first-order chi connectivity index (χ1) is 15.4. The number of hydrogen-bond donors (Lipinski definition) is 2. The highest BCUT2D eigenvalue weighted by atomic mass is 16.4. The van der Waals surface area contributed by atoms with Crippen molar-refractivity contribution in [3.05, 3.63) is 82.1 Å². The van der Waals surface area contributed by atoms with Gasteiger partial charge < -0.3 is 15.1 Å². The zero-order valence-electron chi connectivity index (χ0n) is 19.8. The number of carbonyl (C=O) groups excluding carboxylic acids is 2. The number of nitrogens with zero attached hydrogens (tertiary/aromatic N) is 1. The van der Waals surface area contributed by atoms with Gasteiger partial charge in [-0.25, -0.2) is 4.79 Å². The van der Waals surface area contributed by atoms with Crippen molar-refractivity contribution in [1.29, 1.82) is 0 Å². The van der Waals surface area contributed by atoms with E-state index in [4.69, 9.17) is 5.11 Å². The number of aliphatic hydroxyl groups excluding tert-OH is 1. The molecule has 3 rings (SSSR count). The van der Waals surface area contributed by atoms with E-state index in [2.05, 4.69) is 20.8 Å². The van der Waals surface area contributed by atoms with E-state index >= 15 is 0 Å². The molecule has 1 aliphatic rings. The van der Waals surface area contributed by atoms with Gasteiger partial charge in [0.15, 0.2) is 11.5 Å². The molecule has 1 atom stereocenters. The zero-order chi connectivity index (χ0) is 24.5. The Labute approximate surface area is 194 Å². The third-order valence-corrected chi connectivity index (χ3v) is 5.84. The van der Waals surface area contributed by atoms with E-state index in [-0.39, 0.29) is 41.2 Å². The molecular weight excluding hydrogens is 418 g/mol. The van der Waals surface area contributed by atoms with Crippen LogP contribution < -0.4 is 0 Å². The van der Waals surface area contributed by atoms with Crippen LogP contribution in [0, 0.1) is 5.92 Å². The maximum Gasteiger partial charge on any atom is 0.335 e. The van der Waals surface area contributed by atoms with Crippen molar-refractivity contribution < 1.29 is 24.6 Å². The predicted octanol–water partition coefficient (Wildman–Crippen LogP) is 5.19. The maximum atomic E-state index is 13.1. The molecule has 2 aromatic rings. The number of benzene rings is 2. The lowest BCUT2D eigenvalue weighted by atomic mass is 9.85. The van der Waals surface area contributed by atoms with Crippen LogP contribution in [0.5, 0.6) is 0 Å². The van der Waals surface area contributed by atoms with Gasteiger partial charge in [-0.1, -0.05) is 71.0 Å². The Hall–Kier alpha value is -3.41. The van der Waals surface area contributed by atoms with Gasteiger partial charge in [0.1, 0.15) is 0 Å². The van der Waals surface area contributed by atoms with Gasteiger partial charge in [0, 0.05) is 13.0 Å². The Kier molecular flexibility index (Phi) is 6.77. The van der Waals surface area contributed by atoms with E-state index in [9.17, 15) is 19.5 Å². The van der Waals surface area contributed by atoms with Crippen molar-refractivity contribution in [3.8, 4) is 0 Å². The largest absolute Gasteiger partial charge is 0.503 e. The molecule has 0 saturated heterocycles. The number of aromatic carboxylic acids is 1. The number of aliphatic hydroxyl groups is 1. The van der Waals surface area contributed by atoms with Gasteiger partial charge in [-0.05, 0) is 40.2 Å². The average molecular weight is 450 g/mol. The second-order valence-electron chi connectivity index (χ2n) is 9.99. The number of hydrogen-bond acceptors (Lipinski definition) is 4. The third kappa shape index (κ3) is 5.16. The lowest BCUT2D eigenvalue weighted by Gasteiger charge is -2.28. The van der Waals surface area contributed by atoms with E-state index in [0.29, 0.717) is 5.56 Å². The number of ketones is 1. The summed E-state index contributed by atoms with van der Waals surface area (Å²) in [6, 6.07) is 13.3. The van der Waals surface area contributed by atoms with Gasteiger partial charge in [0.05, 0.1) is 17.2 Å². The van der Waals surface area contributed by atoms with E-state index in [0.717, 1.165) is 11.1 Å². The monoisotopic (exact) mass is 449 g/mol. The Balaban J connectivity index is 2.03. The first-order valence-electron chi connectivity index (χ1n) is 11.1. The summed E-state index contributed by atoms with van der Waals surface area (Å²) in [5, 5.41) is 19.8. The molecule has 0 spiro atoms. The van der Waals surface area contributed by atoms with E-state index in [1.165, 1.54) is 17.0 Å². The first-order valence-corrected chi connectivity index (χ1v) is 11.1. The van der Waals surface area contributed by atoms with Gasteiger partial charge in [0.25, 0.3) is 5.91 Å². The molecule has 2 aromatic carbocycles. The molecular formula is C27H31NO5. The number of amides is 1. The summed E-state index contributed by atoms with van der Waals surface area (Å²) in [5.41, 5.74) is 2.79. The lowest BCUT2D eigenvalue weighted by Crippen LogP contribution is -2.31. The predicted molar refractivity (Wildman–Crippen MR) is 126 cm³/mol. The topological polar surface area (TPSA) is 94.9 Å². The molecule has 1 heterocycles. The van der Waals surface area contributed by atoms with Crippen LogP contribution in [0.15, 0.2) is 59.9 Å². The fourth-order valence-corrected chi connectivity index (χ4v) is 4.04. The summed E-state index contributed by atoms with van der Waals surface area (Å²) in [4.78, 5) is 38.8. The molecule has 0 bridgehead atoms. The molecule has 2 N–H and O–H groups in total. The van der Waals surface area contributed by atoms with Gasteiger partial charge >= 0.3 is 5.97 Å². The Bertz CT molecular complexity index is 1090. The van der Waals surface area contributed by atoms with Crippen molar-refractivity contribution in [2.75, 3.05) is 0 Å². The van der Waals surface area contributed by atoms with Crippen LogP contribution in [0.25, 0.3) is 0 Å². The summed E-state index contributed by atoms with van der Waals surface area (Å²) in [5.74, 6) is -2.31. The van der Waals surface area contributed by atoms with Gasteiger partial charge in [-0.15, -0.1) is 0 Å². The standard InChI is InChI=1S/C27H31NO5/c1-16(2)14-21(29)22-23(18-10-12-20(13-11-18)27(3,4)5)28(25(31)24(22)30)15-17-6-8-19(9-7-17)26(32)33/h6-13,16,23,30H,14-15H2,1-5H3,(H,32,33). The summed E-state index contributed by atoms with van der Waals surface area (Å²) >= 11 is 0. The quantitative estimate of drug-likeness (QED) is 0.606. The Morgan fingerprint density at radius 1 is 1.00 bits per heavy atom. The Morgan fingerprint density at radius 3 is 2.06 bits per heavy atom. The second kappa shape index (κ2) is 9.22. The number of Topliss-reactive ketones (excluding diaryl/α,β-unsaturated/α-hetero) is 1. The van der Waals surface area contributed by atoms with Crippen LogP contribution in [-0.4, -0.2) is 32.8 Å². The summed E-state index contributed by atoms with van der Waals surface area (Å²) in [6.45, 7) is 10.3. The molecule has 0 aliphatic carbocycles. The molecule has 0 saturated carbocycles. The minimum absolute atomic E-state index is 0.0517. The molecule has 1 unspecified atom stereocenters. The van der Waals surface area contributed by atoms with Crippen molar-refractivity contribution in [3.63, 3.8) is 0 Å². The van der Waals surface area contributed by atoms with Crippen molar-refractivity contribution in [1.82, 2.24) is 4.90 Å². The van der Waals surface area contributed by atoms with Gasteiger partial charge in [0.2, 0.25) is 0 Å². The van der Waals surface area contributed by atoms with Crippen molar-refractivity contribution >= 4 is 17.7 Å². The Morgan fingerprint density at radius 2 is 1.58 bits per heavy atom. The van der Waals surface area contributed by atoms with Crippen LogP contribution in [0.4, 0.5) is 0 Å². The van der Waals surface area contributed by atoms with Crippen LogP contribution in [0.1, 0.15) is 74.1 Å². The molecule has 0 radical (unpaired) electrons. The third-order valence-electron chi connectivity index (χ3n) is 5.84. The number of carboxylic acids is 1. The average Bonchev–Trinajstić information content (AvgIpc) is 2.98. The number of carboxylic acid groups (broad SMARTS) is 1. The van der Waals surface area contributed by atoms with Gasteiger partial charge in [-0.2, -0.15) is 0 Å². The minimum Gasteiger partial charge on any atom is -0.503 e. The molecule has 0 aromatic heterocycles. The van der Waals surface area contributed by atoms with Crippen molar-refractivity contribution in [2.24, 2.45) is 5.92 Å². The molecule has 0 fully saturated rings. The molecule has 1 amide bonds. The number of carbonyl (C=O) groups is 3. The van der Waals surface area contributed by atoms with E-state index < -0.39 is 23.7 Å². The van der Waals surface area contributed by atoms with Crippen LogP contribution in [0.2, 0.25) is 0 Å².